The number of hydrogen-bond acceptors (Lipinski definition) is 4. The number of fused-ring (bicyclic) bond motifs is 1. The highest BCUT2D eigenvalue weighted by atomic mass is 79.9. The number of rotatable bonds is 2. The minimum Gasteiger partial charge on any atom is -0.489 e. The van der Waals surface area contributed by atoms with Gasteiger partial charge in [-0.15, -0.1) is 0 Å². The molecular formula is C13H11BrN2O3. The molecule has 1 aromatic carbocycles. The van der Waals surface area contributed by atoms with Gasteiger partial charge >= 0.3 is 0 Å². The van der Waals surface area contributed by atoms with Crippen LogP contribution in [0.5, 0.6) is 11.5 Å². The summed E-state index contributed by atoms with van der Waals surface area (Å²) in [6.07, 6.45) is 2.22. The highest BCUT2D eigenvalue weighted by Crippen LogP contribution is 2.38. The maximum Gasteiger partial charge on any atom is 0.259 e. The Hall–Kier alpha value is -2.00. The Morgan fingerprint density at radius 2 is 2.16 bits per heavy atom. The zero-order chi connectivity index (χ0) is 13.8. The van der Waals surface area contributed by atoms with E-state index in [4.69, 9.17) is 20.5 Å². The van der Waals surface area contributed by atoms with Gasteiger partial charge in [-0.2, -0.15) is 5.26 Å². The molecule has 0 saturated heterocycles. The summed E-state index contributed by atoms with van der Waals surface area (Å²) < 4.78 is 11.8. The van der Waals surface area contributed by atoms with Gasteiger partial charge in [-0.05, 0) is 39.7 Å². The normalized spacial score (nSPS) is 14.4. The SMILES string of the molecule is N#CC(=Cc1cc(Br)c2c(c1)OCCCO2)C(N)=O. The second kappa shape index (κ2) is 5.76. The summed E-state index contributed by atoms with van der Waals surface area (Å²) in [6, 6.07) is 5.22. The molecule has 1 aliphatic heterocycles. The van der Waals surface area contributed by atoms with Gasteiger partial charge < -0.3 is 15.2 Å². The number of carbonyl (C=O) groups excluding carboxylic acids is 1. The maximum atomic E-state index is 11.0. The predicted molar refractivity (Wildman–Crippen MR) is 72.5 cm³/mol. The fourth-order valence-electron chi connectivity index (χ4n) is 1.66. The summed E-state index contributed by atoms with van der Waals surface area (Å²) in [7, 11) is 0. The lowest BCUT2D eigenvalue weighted by Gasteiger charge is -2.10. The first-order chi connectivity index (χ1) is 9.11. The molecule has 2 rings (SSSR count). The van der Waals surface area contributed by atoms with Gasteiger partial charge in [0.25, 0.3) is 5.91 Å². The number of amides is 1. The molecule has 1 heterocycles. The highest BCUT2D eigenvalue weighted by molar-refractivity contribution is 9.10. The number of benzene rings is 1. The Morgan fingerprint density at radius 1 is 1.42 bits per heavy atom. The molecule has 0 aromatic heterocycles. The number of carbonyl (C=O) groups is 1. The molecule has 0 fully saturated rings. The number of nitriles is 1. The third-order valence-corrected chi connectivity index (χ3v) is 3.11. The lowest BCUT2D eigenvalue weighted by Crippen LogP contribution is -2.12. The highest BCUT2D eigenvalue weighted by Gasteiger charge is 2.15. The van der Waals surface area contributed by atoms with Gasteiger partial charge in [-0.1, -0.05) is 0 Å². The number of ether oxygens (including phenoxy) is 2. The first-order valence-electron chi connectivity index (χ1n) is 5.62. The van der Waals surface area contributed by atoms with Gasteiger partial charge in [-0.25, -0.2) is 0 Å². The number of nitrogens with zero attached hydrogens (tertiary/aromatic N) is 1. The van der Waals surface area contributed by atoms with E-state index in [9.17, 15) is 4.79 Å². The van der Waals surface area contributed by atoms with E-state index < -0.39 is 5.91 Å². The maximum absolute atomic E-state index is 11.0. The molecule has 0 atom stereocenters. The van der Waals surface area contributed by atoms with Crippen molar-refractivity contribution >= 4 is 27.9 Å². The molecule has 2 N–H and O–H groups in total. The van der Waals surface area contributed by atoms with Crippen molar-refractivity contribution in [2.75, 3.05) is 13.2 Å². The van der Waals surface area contributed by atoms with Crippen LogP contribution in [0, 0.1) is 11.3 Å². The van der Waals surface area contributed by atoms with Gasteiger partial charge in [0.15, 0.2) is 11.5 Å². The number of nitrogens with two attached hydrogens (primary N) is 1. The lowest BCUT2D eigenvalue weighted by molar-refractivity contribution is -0.114. The lowest BCUT2D eigenvalue weighted by atomic mass is 10.1. The molecule has 1 aliphatic rings. The van der Waals surface area contributed by atoms with Crippen LogP contribution in [0.2, 0.25) is 0 Å². The van der Waals surface area contributed by atoms with Crippen LogP contribution in [-0.4, -0.2) is 19.1 Å². The Labute approximate surface area is 118 Å². The third-order valence-electron chi connectivity index (χ3n) is 2.52. The molecule has 1 amide bonds. The van der Waals surface area contributed by atoms with Crippen molar-refractivity contribution in [3.8, 4) is 17.6 Å². The fourth-order valence-corrected chi connectivity index (χ4v) is 2.23. The Bertz CT molecular complexity index is 590. The van der Waals surface area contributed by atoms with Crippen LogP contribution in [0.15, 0.2) is 22.2 Å². The first kappa shape index (κ1) is 13.4. The van der Waals surface area contributed by atoms with Crippen LogP contribution < -0.4 is 15.2 Å². The molecular weight excluding hydrogens is 312 g/mol. The smallest absolute Gasteiger partial charge is 0.259 e. The van der Waals surface area contributed by atoms with Crippen LogP contribution >= 0.6 is 15.9 Å². The summed E-state index contributed by atoms with van der Waals surface area (Å²) in [5.41, 5.74) is 5.63. The van der Waals surface area contributed by atoms with Crippen LogP contribution in [0.3, 0.4) is 0 Å². The standard InChI is InChI=1S/C13H11BrN2O3/c14-10-5-8(4-9(7-15)13(16)17)6-11-12(10)19-3-1-2-18-11/h4-6H,1-3H2,(H2,16,17). The summed E-state index contributed by atoms with van der Waals surface area (Å²) in [5, 5.41) is 8.82. The molecule has 0 unspecified atom stereocenters. The molecule has 0 spiro atoms. The van der Waals surface area contributed by atoms with Crippen molar-refractivity contribution in [3.05, 3.63) is 27.7 Å². The van der Waals surface area contributed by atoms with Crippen molar-refractivity contribution in [1.29, 1.82) is 5.26 Å². The van der Waals surface area contributed by atoms with Gasteiger partial charge in [0.2, 0.25) is 0 Å². The van der Waals surface area contributed by atoms with Crippen LogP contribution in [-0.2, 0) is 4.79 Å². The second-order valence-electron chi connectivity index (χ2n) is 3.91. The van der Waals surface area contributed by atoms with Crippen molar-refractivity contribution in [2.24, 2.45) is 5.73 Å². The molecule has 0 radical (unpaired) electrons. The summed E-state index contributed by atoms with van der Waals surface area (Å²) in [4.78, 5) is 11.0. The average Bonchev–Trinajstić information content (AvgIpc) is 2.61. The third kappa shape index (κ3) is 3.06. The van der Waals surface area contributed by atoms with Gasteiger partial charge in [0, 0.05) is 6.42 Å². The minimum absolute atomic E-state index is 0.110. The van der Waals surface area contributed by atoms with Crippen LogP contribution in [0.1, 0.15) is 12.0 Å². The zero-order valence-electron chi connectivity index (χ0n) is 9.98. The van der Waals surface area contributed by atoms with E-state index in [0.29, 0.717) is 34.7 Å². The first-order valence-corrected chi connectivity index (χ1v) is 6.42. The van der Waals surface area contributed by atoms with Crippen molar-refractivity contribution in [3.63, 3.8) is 0 Å². The van der Waals surface area contributed by atoms with E-state index in [2.05, 4.69) is 15.9 Å². The molecule has 98 valence electrons. The molecule has 0 bridgehead atoms. The molecule has 5 nitrogen and oxygen atoms in total. The molecule has 0 saturated carbocycles. The van der Waals surface area contributed by atoms with Crippen LogP contribution in [0.25, 0.3) is 6.08 Å². The van der Waals surface area contributed by atoms with E-state index in [0.717, 1.165) is 6.42 Å². The quantitative estimate of drug-likeness (QED) is 0.666. The molecule has 1 aromatic rings. The topological polar surface area (TPSA) is 85.3 Å². The summed E-state index contributed by atoms with van der Waals surface area (Å²) in [6.45, 7) is 1.15. The monoisotopic (exact) mass is 322 g/mol. The second-order valence-corrected chi connectivity index (χ2v) is 4.77. The van der Waals surface area contributed by atoms with Crippen molar-refractivity contribution in [2.45, 2.75) is 6.42 Å². The Morgan fingerprint density at radius 3 is 2.84 bits per heavy atom. The summed E-state index contributed by atoms with van der Waals surface area (Å²) in [5.74, 6) is 0.456. The number of primary amides is 1. The van der Waals surface area contributed by atoms with Gasteiger partial charge in [-0.3, -0.25) is 4.79 Å². The molecule has 0 aliphatic carbocycles. The van der Waals surface area contributed by atoms with Crippen molar-refractivity contribution in [1.82, 2.24) is 0 Å². The zero-order valence-corrected chi connectivity index (χ0v) is 11.6. The average molecular weight is 323 g/mol. The van der Waals surface area contributed by atoms with E-state index in [-0.39, 0.29) is 5.57 Å². The van der Waals surface area contributed by atoms with E-state index in [1.165, 1.54) is 6.08 Å². The predicted octanol–water partition coefficient (Wildman–Crippen LogP) is 2.00. The van der Waals surface area contributed by atoms with Crippen molar-refractivity contribution < 1.29 is 14.3 Å². The largest absolute Gasteiger partial charge is 0.489 e. The Kier molecular flexibility index (Phi) is 4.07. The minimum atomic E-state index is -0.759. The number of halogens is 1. The van der Waals surface area contributed by atoms with Gasteiger partial charge in [0.1, 0.15) is 11.6 Å². The Balaban J connectivity index is 2.45. The van der Waals surface area contributed by atoms with E-state index in [1.807, 2.05) is 0 Å². The van der Waals surface area contributed by atoms with Crippen LogP contribution in [0.4, 0.5) is 0 Å². The summed E-state index contributed by atoms with van der Waals surface area (Å²) >= 11 is 3.38. The molecule has 19 heavy (non-hydrogen) atoms. The van der Waals surface area contributed by atoms with Gasteiger partial charge in [0.05, 0.1) is 17.7 Å². The fraction of sp³-hybridized carbons (Fsp3) is 0.231. The number of hydrogen-bond donors (Lipinski definition) is 1. The van der Waals surface area contributed by atoms with E-state index >= 15 is 0 Å². The van der Waals surface area contributed by atoms with E-state index in [1.54, 1.807) is 18.2 Å². The molecule has 6 heteroatoms.